The third kappa shape index (κ3) is 4.43. The monoisotopic (exact) mass is 465 g/mol. The predicted octanol–water partition coefficient (Wildman–Crippen LogP) is 3.97. The second kappa shape index (κ2) is 8.86. The number of carbonyl (C=O) groups is 2. The number of carboxylic acid groups (broad SMARTS) is 1. The van der Waals surface area contributed by atoms with Crippen molar-refractivity contribution in [1.29, 1.82) is 0 Å². The fourth-order valence-corrected chi connectivity index (χ4v) is 4.40. The molecule has 2 aliphatic rings. The van der Waals surface area contributed by atoms with Gasteiger partial charge in [0.1, 0.15) is 12.4 Å². The molecule has 2 aromatic heterocycles. The molecule has 9 heteroatoms. The van der Waals surface area contributed by atoms with Crippen molar-refractivity contribution in [2.75, 3.05) is 26.2 Å². The minimum absolute atomic E-state index is 0.0303. The molecular weight excluding hydrogens is 442 g/mol. The number of aromatic nitrogens is 3. The van der Waals surface area contributed by atoms with E-state index >= 15 is 0 Å². The van der Waals surface area contributed by atoms with Gasteiger partial charge >= 0.3 is 6.09 Å². The summed E-state index contributed by atoms with van der Waals surface area (Å²) in [7, 11) is 0. The molecule has 5 rings (SSSR count). The highest BCUT2D eigenvalue weighted by Crippen LogP contribution is 2.44. The first-order valence-electron chi connectivity index (χ1n) is 11.0. The molecule has 1 aliphatic carbocycles. The zero-order valence-electron chi connectivity index (χ0n) is 18.0. The number of halogens is 1. The third-order valence-electron chi connectivity index (χ3n) is 6.21. The van der Waals surface area contributed by atoms with Crippen molar-refractivity contribution in [3.63, 3.8) is 0 Å². The largest absolute Gasteiger partial charge is 0.465 e. The summed E-state index contributed by atoms with van der Waals surface area (Å²) < 4.78 is 2.04. The van der Waals surface area contributed by atoms with Crippen LogP contribution in [0, 0.1) is 0 Å². The number of hydrogen-bond donors (Lipinski definition) is 1. The molecule has 33 heavy (non-hydrogen) atoms. The van der Waals surface area contributed by atoms with Crippen LogP contribution >= 0.6 is 11.6 Å². The van der Waals surface area contributed by atoms with Gasteiger partial charge in [-0.15, -0.1) is 0 Å². The van der Waals surface area contributed by atoms with Gasteiger partial charge in [0.25, 0.3) is 0 Å². The summed E-state index contributed by atoms with van der Waals surface area (Å²) in [5.74, 6) is 1.23. The first kappa shape index (κ1) is 21.5. The molecule has 0 radical (unpaired) electrons. The van der Waals surface area contributed by atoms with Gasteiger partial charge in [-0.2, -0.15) is 0 Å². The molecule has 0 bridgehead atoms. The lowest BCUT2D eigenvalue weighted by atomic mass is 10.1. The molecule has 1 N–H and O–H groups in total. The Kier molecular flexibility index (Phi) is 5.76. The molecule has 8 nitrogen and oxygen atoms in total. The zero-order chi connectivity index (χ0) is 22.9. The van der Waals surface area contributed by atoms with Crippen molar-refractivity contribution < 1.29 is 14.7 Å². The van der Waals surface area contributed by atoms with Crippen LogP contribution in [0.1, 0.15) is 24.6 Å². The number of imidazole rings is 1. The maximum absolute atomic E-state index is 13.3. The number of hydrogen-bond acceptors (Lipinski definition) is 4. The molecular formula is C24H24ClN5O3. The van der Waals surface area contributed by atoms with Crippen LogP contribution in [0.5, 0.6) is 0 Å². The molecule has 1 aromatic carbocycles. The van der Waals surface area contributed by atoms with Gasteiger partial charge in [-0.25, -0.2) is 9.78 Å². The Bertz CT molecular complexity index is 1170. The lowest BCUT2D eigenvalue weighted by Crippen LogP contribution is -2.51. The molecule has 2 amide bonds. The lowest BCUT2D eigenvalue weighted by molar-refractivity contribution is -0.133. The summed E-state index contributed by atoms with van der Waals surface area (Å²) in [5.41, 5.74) is 3.59. The van der Waals surface area contributed by atoms with Crippen LogP contribution in [0.3, 0.4) is 0 Å². The minimum atomic E-state index is -0.944. The van der Waals surface area contributed by atoms with E-state index in [9.17, 15) is 14.7 Å². The summed E-state index contributed by atoms with van der Waals surface area (Å²) in [6, 6.07) is 11.4. The van der Waals surface area contributed by atoms with Crippen LogP contribution < -0.4 is 0 Å². The van der Waals surface area contributed by atoms with Gasteiger partial charge in [-0.3, -0.25) is 9.78 Å². The normalized spacial score (nSPS) is 16.2. The number of carbonyl (C=O) groups excluding carboxylic acids is 1. The van der Waals surface area contributed by atoms with Gasteiger partial charge in [-0.05, 0) is 37.1 Å². The molecule has 0 atom stereocenters. The molecule has 0 spiro atoms. The van der Waals surface area contributed by atoms with Crippen molar-refractivity contribution in [3.8, 4) is 22.5 Å². The lowest BCUT2D eigenvalue weighted by Gasteiger charge is -2.33. The van der Waals surface area contributed by atoms with E-state index in [1.807, 2.05) is 41.0 Å². The molecule has 3 aromatic rings. The Morgan fingerprint density at radius 1 is 0.939 bits per heavy atom. The van der Waals surface area contributed by atoms with Crippen molar-refractivity contribution >= 4 is 23.6 Å². The molecule has 1 saturated carbocycles. The van der Waals surface area contributed by atoms with E-state index in [-0.39, 0.29) is 12.5 Å². The van der Waals surface area contributed by atoms with Gasteiger partial charge in [0.05, 0.1) is 11.4 Å². The van der Waals surface area contributed by atoms with Crippen LogP contribution in [0.15, 0.2) is 48.8 Å². The summed E-state index contributed by atoms with van der Waals surface area (Å²) in [5, 5.41) is 9.84. The molecule has 3 heterocycles. The maximum atomic E-state index is 13.3. The highest BCUT2D eigenvalue weighted by atomic mass is 35.5. The summed E-state index contributed by atoms with van der Waals surface area (Å²) in [6.07, 6.45) is 4.64. The molecule has 1 aliphatic heterocycles. The minimum Gasteiger partial charge on any atom is -0.465 e. The SMILES string of the molecule is O=C(O)N1CCN(C(=O)Cn2c(C3CC3)nc(-c3ccc(Cl)cc3)c2-c2ccncc2)CC1. The Balaban J connectivity index is 1.53. The Hall–Kier alpha value is -3.39. The number of amides is 2. The van der Waals surface area contributed by atoms with Gasteiger partial charge < -0.3 is 19.5 Å². The van der Waals surface area contributed by atoms with Crippen LogP contribution in [0.4, 0.5) is 4.79 Å². The number of benzene rings is 1. The highest BCUT2D eigenvalue weighted by Gasteiger charge is 2.33. The number of piperazine rings is 1. The Morgan fingerprint density at radius 2 is 1.58 bits per heavy atom. The van der Waals surface area contributed by atoms with Gasteiger partial charge in [0.15, 0.2) is 0 Å². The average molecular weight is 466 g/mol. The topological polar surface area (TPSA) is 91.6 Å². The second-order valence-corrected chi connectivity index (χ2v) is 8.86. The first-order chi connectivity index (χ1) is 16.0. The number of pyridine rings is 1. The summed E-state index contributed by atoms with van der Waals surface area (Å²) in [6.45, 7) is 1.61. The van der Waals surface area contributed by atoms with Crippen LogP contribution in [0.2, 0.25) is 5.02 Å². The molecule has 0 unspecified atom stereocenters. The Labute approximate surface area is 196 Å². The van der Waals surface area contributed by atoms with Crippen molar-refractivity contribution in [3.05, 3.63) is 59.6 Å². The van der Waals surface area contributed by atoms with Crippen LogP contribution in [0.25, 0.3) is 22.5 Å². The molecule has 2 fully saturated rings. The Morgan fingerprint density at radius 3 is 2.18 bits per heavy atom. The van der Waals surface area contributed by atoms with Crippen molar-refractivity contribution in [2.24, 2.45) is 0 Å². The van der Waals surface area contributed by atoms with Crippen molar-refractivity contribution in [1.82, 2.24) is 24.3 Å². The molecule has 170 valence electrons. The smallest absolute Gasteiger partial charge is 0.407 e. The van der Waals surface area contributed by atoms with E-state index in [1.54, 1.807) is 17.3 Å². The number of rotatable bonds is 5. The van der Waals surface area contributed by atoms with E-state index in [1.165, 1.54) is 4.90 Å². The predicted molar refractivity (Wildman–Crippen MR) is 124 cm³/mol. The fourth-order valence-electron chi connectivity index (χ4n) is 4.28. The maximum Gasteiger partial charge on any atom is 0.407 e. The zero-order valence-corrected chi connectivity index (χ0v) is 18.8. The fraction of sp³-hybridized carbons (Fsp3) is 0.333. The van der Waals surface area contributed by atoms with Gasteiger partial charge in [0.2, 0.25) is 5.91 Å². The van der Waals surface area contributed by atoms with E-state index in [4.69, 9.17) is 16.6 Å². The van der Waals surface area contributed by atoms with E-state index in [0.717, 1.165) is 41.2 Å². The number of nitrogens with zero attached hydrogens (tertiary/aromatic N) is 5. The summed E-state index contributed by atoms with van der Waals surface area (Å²) in [4.78, 5) is 36.8. The van der Waals surface area contributed by atoms with Gasteiger partial charge in [-0.1, -0.05) is 23.7 Å². The van der Waals surface area contributed by atoms with Crippen molar-refractivity contribution in [2.45, 2.75) is 25.3 Å². The molecule has 1 saturated heterocycles. The van der Waals surface area contributed by atoms with E-state index < -0.39 is 6.09 Å². The quantitative estimate of drug-likeness (QED) is 0.615. The second-order valence-electron chi connectivity index (χ2n) is 8.42. The standard InChI is InChI=1S/C24H24ClN5O3/c25-19-5-3-16(4-6-19)21-22(17-7-9-26-10-8-17)30(23(27-21)18-1-2-18)15-20(31)28-11-13-29(14-12-28)24(32)33/h3-10,18H,1-2,11-15H2,(H,32,33). The van der Waals surface area contributed by atoms with Gasteiger partial charge in [0, 0.05) is 60.6 Å². The average Bonchev–Trinajstić information content (AvgIpc) is 3.61. The summed E-state index contributed by atoms with van der Waals surface area (Å²) >= 11 is 6.11. The van der Waals surface area contributed by atoms with E-state index in [2.05, 4.69) is 4.98 Å². The first-order valence-corrected chi connectivity index (χ1v) is 11.4. The highest BCUT2D eigenvalue weighted by molar-refractivity contribution is 6.30. The third-order valence-corrected chi connectivity index (χ3v) is 6.46. The van der Waals surface area contributed by atoms with Crippen LogP contribution in [-0.2, 0) is 11.3 Å². The van der Waals surface area contributed by atoms with E-state index in [0.29, 0.717) is 37.1 Å². The van der Waals surface area contributed by atoms with Crippen LogP contribution in [-0.4, -0.2) is 67.6 Å².